The highest BCUT2D eigenvalue weighted by atomic mass is 16.6. The second-order valence-electron chi connectivity index (χ2n) is 3.21. The Labute approximate surface area is 101 Å². The summed E-state index contributed by atoms with van der Waals surface area (Å²) < 4.78 is 6.10. The fourth-order valence-corrected chi connectivity index (χ4v) is 1.47. The molecule has 0 fully saturated rings. The predicted molar refractivity (Wildman–Crippen MR) is 59.3 cm³/mol. The first-order valence-electron chi connectivity index (χ1n) is 4.81. The summed E-state index contributed by atoms with van der Waals surface area (Å²) in [5.74, 6) is 0.0543. The number of nitro benzene ring substituents is 1. The molecule has 0 amide bonds. The van der Waals surface area contributed by atoms with Gasteiger partial charge in [0.25, 0.3) is 5.82 Å². The van der Waals surface area contributed by atoms with Crippen LogP contribution in [0.3, 0.4) is 0 Å². The highest BCUT2D eigenvalue weighted by Gasteiger charge is 2.22. The minimum absolute atomic E-state index is 0.0629. The van der Waals surface area contributed by atoms with E-state index in [2.05, 4.69) is 10.1 Å². The van der Waals surface area contributed by atoms with E-state index in [1.54, 1.807) is 12.1 Å². The van der Waals surface area contributed by atoms with Crippen molar-refractivity contribution in [2.45, 2.75) is 0 Å². The van der Waals surface area contributed by atoms with E-state index in [1.165, 1.54) is 30.3 Å². The van der Waals surface area contributed by atoms with Crippen LogP contribution in [-0.2, 0) is 0 Å². The van der Waals surface area contributed by atoms with Crippen molar-refractivity contribution in [1.82, 2.24) is 14.8 Å². The van der Waals surface area contributed by atoms with Gasteiger partial charge in [-0.15, -0.1) is 5.10 Å². The molecule has 0 radical (unpaired) electrons. The minimum atomic E-state index is -0.568. The van der Waals surface area contributed by atoms with Crippen molar-refractivity contribution in [2.24, 2.45) is 0 Å². The lowest BCUT2D eigenvalue weighted by Gasteiger charge is -2.05. The first-order chi connectivity index (χ1) is 8.67. The van der Waals surface area contributed by atoms with Gasteiger partial charge in [0.15, 0.2) is 5.75 Å². The third-order valence-corrected chi connectivity index (χ3v) is 2.22. The van der Waals surface area contributed by atoms with Crippen molar-refractivity contribution in [3.63, 3.8) is 0 Å². The second-order valence-corrected chi connectivity index (χ2v) is 3.21. The molecule has 0 saturated heterocycles. The lowest BCUT2D eigenvalue weighted by molar-refractivity contribution is -0.385. The molecule has 0 aliphatic rings. The molecule has 18 heavy (non-hydrogen) atoms. The maximum Gasteiger partial charge on any atom is 0.336 e. The number of nitriles is 1. The maximum atomic E-state index is 11.1. The van der Waals surface area contributed by atoms with Crippen LogP contribution in [0.15, 0.2) is 24.5 Å². The van der Waals surface area contributed by atoms with Gasteiger partial charge in [-0.3, -0.25) is 10.1 Å². The Morgan fingerprint density at radius 1 is 1.56 bits per heavy atom. The van der Waals surface area contributed by atoms with Gasteiger partial charge in [0.1, 0.15) is 18.1 Å². The van der Waals surface area contributed by atoms with Gasteiger partial charge in [0.05, 0.1) is 12.0 Å². The van der Waals surface area contributed by atoms with Crippen LogP contribution >= 0.6 is 0 Å². The van der Waals surface area contributed by atoms with Gasteiger partial charge < -0.3 is 4.74 Å². The zero-order valence-electron chi connectivity index (χ0n) is 9.27. The van der Waals surface area contributed by atoms with Crippen LogP contribution in [0, 0.1) is 21.4 Å². The zero-order valence-corrected chi connectivity index (χ0v) is 9.27. The van der Waals surface area contributed by atoms with Crippen LogP contribution < -0.4 is 4.74 Å². The number of benzene rings is 1. The molecule has 2 rings (SSSR count). The van der Waals surface area contributed by atoms with E-state index < -0.39 is 4.92 Å². The SMILES string of the molecule is COc1cccc(-n2cnc(C#N)n2)c1[N+](=O)[O-]. The van der Waals surface area contributed by atoms with E-state index >= 15 is 0 Å². The summed E-state index contributed by atoms with van der Waals surface area (Å²) in [5, 5.41) is 23.5. The molecule has 8 heteroatoms. The monoisotopic (exact) mass is 245 g/mol. The van der Waals surface area contributed by atoms with Crippen LogP contribution in [0.1, 0.15) is 5.82 Å². The van der Waals surface area contributed by atoms with Crippen LogP contribution in [-0.4, -0.2) is 26.8 Å². The number of nitrogens with zero attached hydrogens (tertiary/aromatic N) is 5. The molecule has 8 nitrogen and oxygen atoms in total. The lowest BCUT2D eigenvalue weighted by Crippen LogP contribution is -2.03. The van der Waals surface area contributed by atoms with E-state index in [-0.39, 0.29) is 22.9 Å². The molecule has 2 aromatic rings. The molecule has 0 spiro atoms. The molecule has 0 N–H and O–H groups in total. The summed E-state index contributed by atoms with van der Waals surface area (Å²) in [4.78, 5) is 14.2. The second kappa shape index (κ2) is 4.50. The Morgan fingerprint density at radius 2 is 2.33 bits per heavy atom. The third kappa shape index (κ3) is 1.84. The molecule has 0 aliphatic carbocycles. The predicted octanol–water partition coefficient (Wildman–Crippen LogP) is 1.06. The van der Waals surface area contributed by atoms with Crippen molar-refractivity contribution in [2.75, 3.05) is 7.11 Å². The third-order valence-electron chi connectivity index (χ3n) is 2.22. The first-order valence-corrected chi connectivity index (χ1v) is 4.81. The summed E-state index contributed by atoms with van der Waals surface area (Å²) in [6, 6.07) is 6.31. The van der Waals surface area contributed by atoms with Gasteiger partial charge in [-0.2, -0.15) is 5.26 Å². The van der Waals surface area contributed by atoms with Gasteiger partial charge in [-0.1, -0.05) is 6.07 Å². The Kier molecular flexibility index (Phi) is 2.89. The number of aromatic nitrogens is 3. The summed E-state index contributed by atoms with van der Waals surface area (Å²) in [6.07, 6.45) is 1.24. The molecule has 0 bridgehead atoms. The molecule has 0 atom stereocenters. The van der Waals surface area contributed by atoms with E-state index in [9.17, 15) is 10.1 Å². The smallest absolute Gasteiger partial charge is 0.336 e. The van der Waals surface area contributed by atoms with Gasteiger partial charge in [-0.25, -0.2) is 9.67 Å². The number of ether oxygens (including phenoxy) is 1. The highest BCUT2D eigenvalue weighted by molar-refractivity contribution is 5.60. The molecule has 90 valence electrons. The van der Waals surface area contributed by atoms with Crippen molar-refractivity contribution < 1.29 is 9.66 Å². The van der Waals surface area contributed by atoms with Crippen LogP contribution in [0.5, 0.6) is 5.75 Å². The number of hydrogen-bond donors (Lipinski definition) is 0. The fraction of sp³-hybridized carbons (Fsp3) is 0.100. The summed E-state index contributed by atoms with van der Waals surface area (Å²) in [5.41, 5.74) is -0.0391. The van der Waals surface area contributed by atoms with Gasteiger partial charge >= 0.3 is 5.69 Å². The average Bonchev–Trinajstić information content (AvgIpc) is 2.86. The topological polar surface area (TPSA) is 107 Å². The minimum Gasteiger partial charge on any atom is -0.490 e. The molecular formula is C10H7N5O3. The van der Waals surface area contributed by atoms with Crippen LogP contribution in [0.25, 0.3) is 5.69 Å². The van der Waals surface area contributed by atoms with Crippen molar-refractivity contribution in [1.29, 1.82) is 5.26 Å². The van der Waals surface area contributed by atoms with Gasteiger partial charge in [-0.05, 0) is 12.1 Å². The van der Waals surface area contributed by atoms with Crippen molar-refractivity contribution in [3.8, 4) is 17.5 Å². The molecule has 0 aliphatic heterocycles. The van der Waals surface area contributed by atoms with E-state index in [0.717, 1.165) is 0 Å². The molecule has 1 aromatic heterocycles. The standard InChI is InChI=1S/C10H7N5O3/c1-18-8-4-2-3-7(10(8)15(16)17)14-6-12-9(5-11)13-14/h2-4,6H,1H3. The quantitative estimate of drug-likeness (QED) is 0.591. The lowest BCUT2D eigenvalue weighted by atomic mass is 10.2. The number of methoxy groups -OCH3 is 1. The summed E-state index contributed by atoms with van der Waals surface area (Å²) >= 11 is 0. The summed E-state index contributed by atoms with van der Waals surface area (Å²) in [6.45, 7) is 0. The fourth-order valence-electron chi connectivity index (χ4n) is 1.47. The maximum absolute atomic E-state index is 11.1. The molecule has 1 heterocycles. The number of nitro groups is 1. The number of rotatable bonds is 3. The van der Waals surface area contributed by atoms with Crippen molar-refractivity contribution >= 4 is 5.69 Å². The Balaban J connectivity index is 2.64. The molecule has 0 saturated carbocycles. The van der Waals surface area contributed by atoms with Crippen LogP contribution in [0.2, 0.25) is 0 Å². The normalized spacial score (nSPS) is 9.78. The van der Waals surface area contributed by atoms with E-state index in [0.29, 0.717) is 0 Å². The Bertz CT molecular complexity index is 643. The zero-order chi connectivity index (χ0) is 13.1. The number of hydrogen-bond acceptors (Lipinski definition) is 6. The van der Waals surface area contributed by atoms with Gasteiger partial charge in [0, 0.05) is 0 Å². The molecule has 1 aromatic carbocycles. The van der Waals surface area contributed by atoms with Crippen LogP contribution in [0.4, 0.5) is 5.69 Å². The number of para-hydroxylation sites is 1. The molecular weight excluding hydrogens is 238 g/mol. The Morgan fingerprint density at radius 3 is 2.89 bits per heavy atom. The summed E-state index contributed by atoms with van der Waals surface area (Å²) in [7, 11) is 1.34. The highest BCUT2D eigenvalue weighted by Crippen LogP contribution is 2.32. The van der Waals surface area contributed by atoms with Gasteiger partial charge in [0.2, 0.25) is 0 Å². The average molecular weight is 245 g/mol. The largest absolute Gasteiger partial charge is 0.490 e. The van der Waals surface area contributed by atoms with Crippen molar-refractivity contribution in [3.05, 3.63) is 40.5 Å². The van der Waals surface area contributed by atoms with E-state index in [4.69, 9.17) is 10.00 Å². The Hall–Kier alpha value is -2.95. The first kappa shape index (κ1) is 11.5. The van der Waals surface area contributed by atoms with E-state index in [1.807, 2.05) is 0 Å². The molecule has 0 unspecified atom stereocenters.